The van der Waals surface area contributed by atoms with Crippen LogP contribution < -0.4 is 5.32 Å². The predicted molar refractivity (Wildman–Crippen MR) is 97.1 cm³/mol. The van der Waals surface area contributed by atoms with E-state index in [0.29, 0.717) is 11.6 Å². The Hall–Kier alpha value is -0.560. The maximum Gasteiger partial charge on any atom is 0.416 e. The zero-order valence-corrected chi connectivity index (χ0v) is 16.4. The van der Waals surface area contributed by atoms with Gasteiger partial charge in [-0.3, -0.25) is 4.90 Å². The van der Waals surface area contributed by atoms with Crippen molar-refractivity contribution < 1.29 is 17.6 Å². The van der Waals surface area contributed by atoms with Crippen LogP contribution in [0.4, 0.5) is 17.6 Å². The summed E-state index contributed by atoms with van der Waals surface area (Å²) >= 11 is 0. The van der Waals surface area contributed by atoms with Crippen molar-refractivity contribution in [3.63, 3.8) is 0 Å². The lowest BCUT2D eigenvalue weighted by Crippen LogP contribution is -2.56. The first-order valence-corrected chi connectivity index (χ1v) is 7.97. The molecule has 8 heteroatoms. The first kappa shape index (κ1) is 24.4. The minimum absolute atomic E-state index is 0. The quantitative estimate of drug-likeness (QED) is 0.707. The van der Waals surface area contributed by atoms with E-state index in [1.807, 2.05) is 13.8 Å². The van der Waals surface area contributed by atoms with Crippen molar-refractivity contribution in [1.29, 1.82) is 0 Å². The van der Waals surface area contributed by atoms with Crippen molar-refractivity contribution in [1.82, 2.24) is 10.2 Å². The molecule has 2 nitrogen and oxygen atoms in total. The molecular formula is C17H26Cl2F4N2. The first-order valence-electron chi connectivity index (χ1n) is 7.97. The summed E-state index contributed by atoms with van der Waals surface area (Å²) in [6, 6.07) is 3.11. The third-order valence-corrected chi connectivity index (χ3v) is 4.45. The molecule has 0 aromatic heterocycles. The number of benzene rings is 1. The second-order valence-corrected chi connectivity index (χ2v) is 6.78. The van der Waals surface area contributed by atoms with Crippen LogP contribution in [0, 0.1) is 11.7 Å². The van der Waals surface area contributed by atoms with E-state index in [0.717, 1.165) is 19.2 Å². The van der Waals surface area contributed by atoms with Gasteiger partial charge in [-0.2, -0.15) is 13.2 Å². The van der Waals surface area contributed by atoms with Gasteiger partial charge in [0.15, 0.2) is 0 Å². The Bertz CT molecular complexity index is 552. The number of hydrogen-bond donors (Lipinski definition) is 1. The topological polar surface area (TPSA) is 15.3 Å². The van der Waals surface area contributed by atoms with Gasteiger partial charge in [0.1, 0.15) is 5.82 Å². The summed E-state index contributed by atoms with van der Waals surface area (Å²) in [5, 5.41) is 3.37. The molecule has 25 heavy (non-hydrogen) atoms. The Kier molecular flexibility index (Phi) is 9.19. The van der Waals surface area contributed by atoms with E-state index >= 15 is 0 Å². The first-order chi connectivity index (χ1) is 10.6. The molecule has 1 aromatic carbocycles. The molecule has 1 saturated heterocycles. The van der Waals surface area contributed by atoms with Gasteiger partial charge >= 0.3 is 6.18 Å². The molecule has 1 unspecified atom stereocenters. The normalized spacial score (nSPS) is 22.9. The van der Waals surface area contributed by atoms with E-state index < -0.39 is 17.6 Å². The number of rotatable bonds is 3. The number of alkyl halides is 3. The molecule has 1 aromatic rings. The van der Waals surface area contributed by atoms with Crippen LogP contribution >= 0.6 is 24.8 Å². The van der Waals surface area contributed by atoms with Crippen molar-refractivity contribution in [2.75, 3.05) is 13.1 Å². The van der Waals surface area contributed by atoms with Crippen LogP contribution in [0.1, 0.15) is 44.9 Å². The molecule has 146 valence electrons. The standard InChI is InChI=1S/C17H24F4N2.2ClH/c1-10(2)16(23-9-11(3)22-8-12(23)4)14-6-5-13(7-15(14)18)17(19,20)21;;/h5-7,10-12,16,22H,8-9H2,1-4H3;2*1H/t11-,12+,16?;;/m0../s1. The second kappa shape index (κ2) is 9.40. The van der Waals surface area contributed by atoms with Crippen LogP contribution in [-0.4, -0.2) is 30.1 Å². The van der Waals surface area contributed by atoms with E-state index in [1.54, 1.807) is 0 Å². The highest BCUT2D eigenvalue weighted by molar-refractivity contribution is 5.85. The molecule has 2 rings (SSSR count). The minimum Gasteiger partial charge on any atom is -0.311 e. The molecule has 1 heterocycles. The fraction of sp³-hybridized carbons (Fsp3) is 0.647. The summed E-state index contributed by atoms with van der Waals surface area (Å²) in [5.74, 6) is -0.689. The van der Waals surface area contributed by atoms with Gasteiger partial charge in [-0.25, -0.2) is 4.39 Å². The summed E-state index contributed by atoms with van der Waals surface area (Å²) in [4.78, 5) is 2.19. The molecule has 1 N–H and O–H groups in total. The fourth-order valence-corrected chi connectivity index (χ4v) is 3.30. The maximum absolute atomic E-state index is 14.4. The van der Waals surface area contributed by atoms with Crippen molar-refractivity contribution in [3.05, 3.63) is 35.1 Å². The summed E-state index contributed by atoms with van der Waals surface area (Å²) in [5.41, 5.74) is -0.600. The van der Waals surface area contributed by atoms with E-state index in [2.05, 4.69) is 24.1 Å². The lowest BCUT2D eigenvalue weighted by atomic mass is 9.90. The van der Waals surface area contributed by atoms with E-state index in [1.165, 1.54) is 6.07 Å². The van der Waals surface area contributed by atoms with Crippen molar-refractivity contribution >= 4 is 24.8 Å². The third kappa shape index (κ3) is 5.71. The molecule has 1 fully saturated rings. The molecule has 0 aliphatic carbocycles. The summed E-state index contributed by atoms with van der Waals surface area (Å²) < 4.78 is 52.7. The van der Waals surface area contributed by atoms with Gasteiger partial charge in [-0.05, 0) is 31.9 Å². The molecule has 0 bridgehead atoms. The van der Waals surface area contributed by atoms with Gasteiger partial charge in [0.25, 0.3) is 0 Å². The highest BCUT2D eigenvalue weighted by Gasteiger charge is 2.35. The van der Waals surface area contributed by atoms with Crippen LogP contribution in [0.2, 0.25) is 0 Å². The number of hydrogen-bond acceptors (Lipinski definition) is 2. The van der Waals surface area contributed by atoms with E-state index in [-0.39, 0.29) is 48.9 Å². The van der Waals surface area contributed by atoms with Crippen molar-refractivity contribution in [2.45, 2.75) is 52.0 Å². The lowest BCUT2D eigenvalue weighted by Gasteiger charge is -2.44. The van der Waals surface area contributed by atoms with Gasteiger partial charge in [-0.15, -0.1) is 24.8 Å². The second-order valence-electron chi connectivity index (χ2n) is 6.78. The maximum atomic E-state index is 14.4. The molecular weight excluding hydrogens is 379 g/mol. The van der Waals surface area contributed by atoms with Gasteiger partial charge in [0.05, 0.1) is 5.56 Å². The Morgan fingerprint density at radius 3 is 2.24 bits per heavy atom. The van der Waals surface area contributed by atoms with Crippen LogP contribution in [0.15, 0.2) is 18.2 Å². The molecule has 0 radical (unpaired) electrons. The van der Waals surface area contributed by atoms with Crippen LogP contribution in [-0.2, 0) is 6.18 Å². The Morgan fingerprint density at radius 2 is 1.76 bits per heavy atom. The van der Waals surface area contributed by atoms with Gasteiger partial charge < -0.3 is 5.32 Å². The fourth-order valence-electron chi connectivity index (χ4n) is 3.30. The average molecular weight is 405 g/mol. The van der Waals surface area contributed by atoms with Gasteiger partial charge in [-0.1, -0.05) is 19.9 Å². The zero-order chi connectivity index (χ0) is 17.4. The smallest absolute Gasteiger partial charge is 0.311 e. The molecule has 0 saturated carbocycles. The third-order valence-electron chi connectivity index (χ3n) is 4.45. The van der Waals surface area contributed by atoms with Crippen LogP contribution in [0.25, 0.3) is 0 Å². The van der Waals surface area contributed by atoms with Gasteiger partial charge in [0, 0.05) is 36.8 Å². The van der Waals surface area contributed by atoms with E-state index in [9.17, 15) is 17.6 Å². The van der Waals surface area contributed by atoms with E-state index in [4.69, 9.17) is 0 Å². The molecule has 3 atom stereocenters. The van der Waals surface area contributed by atoms with Crippen molar-refractivity contribution in [2.24, 2.45) is 5.92 Å². The number of nitrogens with one attached hydrogen (secondary N) is 1. The summed E-state index contributed by atoms with van der Waals surface area (Å²) in [7, 11) is 0. The van der Waals surface area contributed by atoms with Crippen LogP contribution in [0.3, 0.4) is 0 Å². The van der Waals surface area contributed by atoms with Crippen LogP contribution in [0.5, 0.6) is 0 Å². The molecule has 1 aliphatic heterocycles. The highest BCUT2D eigenvalue weighted by Crippen LogP contribution is 2.36. The Labute approximate surface area is 159 Å². The highest BCUT2D eigenvalue weighted by atomic mass is 35.5. The van der Waals surface area contributed by atoms with Gasteiger partial charge in [0.2, 0.25) is 0 Å². The molecule has 0 spiro atoms. The molecule has 1 aliphatic rings. The Balaban J connectivity index is 0.00000288. The lowest BCUT2D eigenvalue weighted by molar-refractivity contribution is -0.137. The number of piperazine rings is 1. The Morgan fingerprint density at radius 1 is 1.16 bits per heavy atom. The summed E-state index contributed by atoms with van der Waals surface area (Å²) in [6.07, 6.45) is -4.52. The minimum atomic E-state index is -4.52. The average Bonchev–Trinajstić information content (AvgIpc) is 2.43. The summed E-state index contributed by atoms with van der Waals surface area (Å²) in [6.45, 7) is 9.58. The SMILES string of the molecule is CC(C)C(c1ccc(C(F)(F)F)cc1F)N1C[C@H](C)NC[C@H]1C.Cl.Cl. The largest absolute Gasteiger partial charge is 0.416 e. The number of halogens is 6. The zero-order valence-electron chi connectivity index (χ0n) is 14.7. The van der Waals surface area contributed by atoms with Crippen molar-refractivity contribution in [3.8, 4) is 0 Å². The monoisotopic (exact) mass is 404 g/mol. The predicted octanol–water partition coefficient (Wildman–Crippen LogP) is 5.07. The molecule has 0 amide bonds. The number of nitrogens with zero attached hydrogens (tertiary/aromatic N) is 1.